The van der Waals surface area contributed by atoms with Crippen molar-refractivity contribution in [3.05, 3.63) is 71.3 Å². The van der Waals surface area contributed by atoms with E-state index in [1.807, 2.05) is 61.6 Å². The molecule has 3 nitrogen and oxygen atoms in total. The highest BCUT2D eigenvalue weighted by molar-refractivity contribution is 5.78. The standard InChI is InChI=1S/C17H20N2O/c1-19(13-16-10-6-5-9-15(16)12-18)17(20)11-14-7-3-2-4-8-14/h2-10H,11-13,18H2,1H3. The van der Waals surface area contributed by atoms with Crippen molar-refractivity contribution in [2.75, 3.05) is 7.05 Å². The number of hydrogen-bond acceptors (Lipinski definition) is 2. The summed E-state index contributed by atoms with van der Waals surface area (Å²) in [4.78, 5) is 14.0. The van der Waals surface area contributed by atoms with Gasteiger partial charge in [0.2, 0.25) is 5.91 Å². The number of amides is 1. The Balaban J connectivity index is 2.01. The number of rotatable bonds is 5. The lowest BCUT2D eigenvalue weighted by atomic mass is 10.1. The molecule has 0 saturated carbocycles. The quantitative estimate of drug-likeness (QED) is 0.904. The summed E-state index contributed by atoms with van der Waals surface area (Å²) >= 11 is 0. The minimum Gasteiger partial charge on any atom is -0.341 e. The lowest BCUT2D eigenvalue weighted by Crippen LogP contribution is -2.28. The van der Waals surface area contributed by atoms with Crippen molar-refractivity contribution in [3.8, 4) is 0 Å². The number of carbonyl (C=O) groups is 1. The number of nitrogens with zero attached hydrogens (tertiary/aromatic N) is 1. The number of likely N-dealkylation sites (N-methyl/N-ethyl adjacent to an activating group) is 1. The van der Waals surface area contributed by atoms with Crippen LogP contribution in [0.3, 0.4) is 0 Å². The van der Waals surface area contributed by atoms with Crippen LogP contribution in [0, 0.1) is 0 Å². The maximum absolute atomic E-state index is 12.2. The summed E-state index contributed by atoms with van der Waals surface area (Å²) in [5.74, 6) is 0.114. The van der Waals surface area contributed by atoms with Gasteiger partial charge >= 0.3 is 0 Å². The third kappa shape index (κ3) is 3.68. The van der Waals surface area contributed by atoms with Crippen molar-refractivity contribution in [1.29, 1.82) is 0 Å². The van der Waals surface area contributed by atoms with E-state index in [1.165, 1.54) is 0 Å². The van der Waals surface area contributed by atoms with Crippen molar-refractivity contribution in [2.24, 2.45) is 5.73 Å². The Bertz CT molecular complexity index is 566. The van der Waals surface area contributed by atoms with Crippen LogP contribution in [0.15, 0.2) is 54.6 Å². The Labute approximate surface area is 120 Å². The Kier molecular flexibility index (Phi) is 4.91. The molecule has 0 unspecified atom stereocenters. The zero-order valence-corrected chi connectivity index (χ0v) is 11.8. The van der Waals surface area contributed by atoms with Crippen LogP contribution >= 0.6 is 0 Å². The van der Waals surface area contributed by atoms with Gasteiger partial charge < -0.3 is 10.6 Å². The molecule has 1 amide bonds. The molecular formula is C17H20N2O. The van der Waals surface area contributed by atoms with Crippen molar-refractivity contribution < 1.29 is 4.79 Å². The monoisotopic (exact) mass is 268 g/mol. The largest absolute Gasteiger partial charge is 0.341 e. The van der Waals surface area contributed by atoms with Gasteiger partial charge in [0.25, 0.3) is 0 Å². The predicted molar refractivity (Wildman–Crippen MR) is 81.0 cm³/mol. The van der Waals surface area contributed by atoms with Crippen LogP contribution in [0.2, 0.25) is 0 Å². The second kappa shape index (κ2) is 6.87. The molecule has 0 aromatic heterocycles. The van der Waals surface area contributed by atoms with Crippen LogP contribution in [0.5, 0.6) is 0 Å². The van der Waals surface area contributed by atoms with E-state index >= 15 is 0 Å². The van der Waals surface area contributed by atoms with Crippen LogP contribution in [0.4, 0.5) is 0 Å². The van der Waals surface area contributed by atoms with E-state index in [9.17, 15) is 4.79 Å². The van der Waals surface area contributed by atoms with E-state index in [0.29, 0.717) is 19.5 Å². The first-order valence-corrected chi connectivity index (χ1v) is 6.75. The van der Waals surface area contributed by atoms with E-state index < -0.39 is 0 Å². The van der Waals surface area contributed by atoms with E-state index in [2.05, 4.69) is 0 Å². The van der Waals surface area contributed by atoms with Crippen molar-refractivity contribution in [3.63, 3.8) is 0 Å². The third-order valence-electron chi connectivity index (χ3n) is 3.37. The molecule has 2 aromatic carbocycles. The summed E-state index contributed by atoms with van der Waals surface area (Å²) < 4.78 is 0. The fourth-order valence-electron chi connectivity index (χ4n) is 2.16. The normalized spacial score (nSPS) is 10.3. The van der Waals surface area contributed by atoms with Gasteiger partial charge in [-0.05, 0) is 16.7 Å². The summed E-state index contributed by atoms with van der Waals surface area (Å²) in [6.07, 6.45) is 0.433. The Hall–Kier alpha value is -2.13. The number of carbonyl (C=O) groups excluding carboxylic acids is 1. The molecule has 0 radical (unpaired) electrons. The highest BCUT2D eigenvalue weighted by Gasteiger charge is 2.11. The van der Waals surface area contributed by atoms with Gasteiger partial charge in [-0.25, -0.2) is 0 Å². The average Bonchev–Trinajstić information content (AvgIpc) is 2.48. The van der Waals surface area contributed by atoms with Crippen LogP contribution < -0.4 is 5.73 Å². The zero-order valence-electron chi connectivity index (χ0n) is 11.8. The van der Waals surface area contributed by atoms with Gasteiger partial charge in [-0.3, -0.25) is 4.79 Å². The molecule has 0 spiro atoms. The summed E-state index contributed by atoms with van der Waals surface area (Å²) in [6, 6.07) is 17.8. The topological polar surface area (TPSA) is 46.3 Å². The van der Waals surface area contributed by atoms with Gasteiger partial charge in [0.05, 0.1) is 6.42 Å². The zero-order chi connectivity index (χ0) is 14.4. The van der Waals surface area contributed by atoms with Crippen molar-refractivity contribution in [2.45, 2.75) is 19.5 Å². The molecule has 104 valence electrons. The van der Waals surface area contributed by atoms with E-state index in [1.54, 1.807) is 4.90 Å². The number of hydrogen-bond donors (Lipinski definition) is 1. The van der Waals surface area contributed by atoms with Gasteiger partial charge in [-0.15, -0.1) is 0 Å². The SMILES string of the molecule is CN(Cc1ccccc1CN)C(=O)Cc1ccccc1. The molecule has 0 aliphatic carbocycles. The van der Waals surface area contributed by atoms with Gasteiger partial charge in [-0.1, -0.05) is 54.6 Å². The van der Waals surface area contributed by atoms with Crippen LogP contribution in [-0.2, 0) is 24.3 Å². The Morgan fingerprint density at radius 3 is 2.25 bits per heavy atom. The second-order valence-corrected chi connectivity index (χ2v) is 4.89. The molecule has 0 bridgehead atoms. The Morgan fingerprint density at radius 1 is 1.00 bits per heavy atom. The third-order valence-corrected chi connectivity index (χ3v) is 3.37. The molecule has 0 aliphatic rings. The smallest absolute Gasteiger partial charge is 0.227 e. The first kappa shape index (κ1) is 14.3. The summed E-state index contributed by atoms with van der Waals surface area (Å²) in [6.45, 7) is 1.09. The highest BCUT2D eigenvalue weighted by atomic mass is 16.2. The van der Waals surface area contributed by atoms with Gasteiger partial charge in [0, 0.05) is 20.1 Å². The van der Waals surface area contributed by atoms with E-state index in [0.717, 1.165) is 16.7 Å². The van der Waals surface area contributed by atoms with Gasteiger partial charge in [-0.2, -0.15) is 0 Å². The fraction of sp³-hybridized carbons (Fsp3) is 0.235. The molecular weight excluding hydrogens is 248 g/mol. The molecule has 0 heterocycles. The molecule has 0 fully saturated rings. The van der Waals surface area contributed by atoms with E-state index in [-0.39, 0.29) is 5.91 Å². The lowest BCUT2D eigenvalue weighted by molar-refractivity contribution is -0.129. The lowest BCUT2D eigenvalue weighted by Gasteiger charge is -2.19. The average molecular weight is 268 g/mol. The highest BCUT2D eigenvalue weighted by Crippen LogP contribution is 2.11. The minimum absolute atomic E-state index is 0.114. The van der Waals surface area contributed by atoms with Crippen LogP contribution in [-0.4, -0.2) is 17.9 Å². The molecule has 2 aromatic rings. The maximum Gasteiger partial charge on any atom is 0.227 e. The van der Waals surface area contributed by atoms with Gasteiger partial charge in [0.1, 0.15) is 0 Å². The summed E-state index contributed by atoms with van der Waals surface area (Å²) in [7, 11) is 1.83. The van der Waals surface area contributed by atoms with Crippen LogP contribution in [0.25, 0.3) is 0 Å². The minimum atomic E-state index is 0.114. The molecule has 0 atom stereocenters. The van der Waals surface area contributed by atoms with Gasteiger partial charge in [0.15, 0.2) is 0 Å². The van der Waals surface area contributed by atoms with Crippen molar-refractivity contribution >= 4 is 5.91 Å². The molecule has 0 saturated heterocycles. The first-order chi connectivity index (χ1) is 9.70. The van der Waals surface area contributed by atoms with Crippen LogP contribution in [0.1, 0.15) is 16.7 Å². The maximum atomic E-state index is 12.2. The molecule has 20 heavy (non-hydrogen) atoms. The van der Waals surface area contributed by atoms with E-state index in [4.69, 9.17) is 5.73 Å². The summed E-state index contributed by atoms with van der Waals surface area (Å²) in [5.41, 5.74) is 8.96. The Morgan fingerprint density at radius 2 is 1.60 bits per heavy atom. The first-order valence-electron chi connectivity index (χ1n) is 6.75. The molecule has 2 N–H and O–H groups in total. The number of nitrogens with two attached hydrogens (primary N) is 1. The predicted octanol–water partition coefficient (Wildman–Crippen LogP) is 2.35. The molecule has 2 rings (SSSR count). The number of benzene rings is 2. The second-order valence-electron chi connectivity index (χ2n) is 4.89. The fourth-order valence-corrected chi connectivity index (χ4v) is 2.16. The molecule has 0 aliphatic heterocycles. The van der Waals surface area contributed by atoms with Crippen molar-refractivity contribution in [1.82, 2.24) is 4.90 Å². The molecule has 3 heteroatoms. The summed E-state index contributed by atoms with van der Waals surface area (Å²) in [5, 5.41) is 0.